The summed E-state index contributed by atoms with van der Waals surface area (Å²) >= 11 is 0. The van der Waals surface area contributed by atoms with Crippen molar-refractivity contribution < 1.29 is 4.42 Å². The summed E-state index contributed by atoms with van der Waals surface area (Å²) in [5, 5.41) is 10.8. The lowest BCUT2D eigenvalue weighted by Crippen LogP contribution is -2.04. The molecule has 0 radical (unpaired) electrons. The van der Waals surface area contributed by atoms with Crippen LogP contribution in [0.25, 0.3) is 0 Å². The van der Waals surface area contributed by atoms with E-state index in [1.54, 1.807) is 6.92 Å². The lowest BCUT2D eigenvalue weighted by atomic mass is 10.1. The molecule has 0 aliphatic carbocycles. The van der Waals surface area contributed by atoms with Crippen LogP contribution in [0.2, 0.25) is 0 Å². The summed E-state index contributed by atoms with van der Waals surface area (Å²) in [5.41, 5.74) is 9.02. The molecular formula is C12H16N4O. The zero-order valence-corrected chi connectivity index (χ0v) is 10.2. The van der Waals surface area contributed by atoms with Gasteiger partial charge in [-0.3, -0.25) is 0 Å². The van der Waals surface area contributed by atoms with Crippen LogP contribution in [-0.2, 0) is 0 Å². The molecule has 3 N–H and O–H groups in total. The van der Waals surface area contributed by atoms with Crippen molar-refractivity contribution in [1.82, 2.24) is 10.2 Å². The smallest absolute Gasteiger partial charge is 0.320 e. The van der Waals surface area contributed by atoms with E-state index in [9.17, 15) is 0 Å². The van der Waals surface area contributed by atoms with E-state index < -0.39 is 0 Å². The minimum Gasteiger partial charge on any atom is -0.406 e. The van der Waals surface area contributed by atoms with E-state index >= 15 is 0 Å². The number of aryl methyl sites for hydroxylation is 2. The Labute approximate surface area is 100 Å². The molecule has 17 heavy (non-hydrogen) atoms. The largest absolute Gasteiger partial charge is 0.406 e. The normalized spacial score (nSPS) is 12.5. The van der Waals surface area contributed by atoms with Gasteiger partial charge in [0.15, 0.2) is 0 Å². The number of hydrogen-bond donors (Lipinski definition) is 2. The van der Waals surface area contributed by atoms with Crippen LogP contribution in [-0.4, -0.2) is 10.2 Å². The van der Waals surface area contributed by atoms with Crippen molar-refractivity contribution in [3.63, 3.8) is 0 Å². The molecule has 2 rings (SSSR count). The van der Waals surface area contributed by atoms with E-state index in [4.69, 9.17) is 10.2 Å². The van der Waals surface area contributed by atoms with Crippen LogP contribution < -0.4 is 11.1 Å². The molecule has 1 atom stereocenters. The molecule has 0 aliphatic rings. The highest BCUT2D eigenvalue weighted by Gasteiger charge is 2.09. The van der Waals surface area contributed by atoms with Crippen molar-refractivity contribution in [1.29, 1.82) is 0 Å². The van der Waals surface area contributed by atoms with E-state index in [0.717, 1.165) is 5.69 Å². The number of nitrogens with two attached hydrogens (primary N) is 1. The Bertz CT molecular complexity index is 519. The maximum absolute atomic E-state index is 5.64. The predicted molar refractivity (Wildman–Crippen MR) is 66.1 cm³/mol. The summed E-state index contributed by atoms with van der Waals surface area (Å²) < 4.78 is 5.36. The standard InChI is InChI=1S/C12H16N4O/c1-7-4-5-10(6-8(7)2)14-12-16-15-11(17-12)9(3)13/h4-6,9H,13H2,1-3H3,(H,14,16). The van der Waals surface area contributed by atoms with Crippen molar-refractivity contribution in [2.45, 2.75) is 26.8 Å². The Balaban J connectivity index is 2.16. The van der Waals surface area contributed by atoms with E-state index in [2.05, 4.69) is 29.4 Å². The first-order valence-corrected chi connectivity index (χ1v) is 5.49. The number of nitrogens with zero attached hydrogens (tertiary/aromatic N) is 2. The Morgan fingerprint density at radius 3 is 2.59 bits per heavy atom. The summed E-state index contributed by atoms with van der Waals surface area (Å²) in [5.74, 6) is 0.427. The van der Waals surface area contributed by atoms with Gasteiger partial charge in [-0.25, -0.2) is 0 Å². The number of anilines is 2. The second-order valence-corrected chi connectivity index (χ2v) is 4.16. The van der Waals surface area contributed by atoms with Gasteiger partial charge in [0.1, 0.15) is 0 Å². The Hall–Kier alpha value is -1.88. The van der Waals surface area contributed by atoms with Gasteiger partial charge in [-0.05, 0) is 44.0 Å². The van der Waals surface area contributed by atoms with Crippen molar-refractivity contribution in [2.24, 2.45) is 5.73 Å². The summed E-state index contributed by atoms with van der Waals surface area (Å²) in [6.45, 7) is 5.93. The minimum atomic E-state index is -0.252. The summed E-state index contributed by atoms with van der Waals surface area (Å²) in [7, 11) is 0. The Morgan fingerprint density at radius 2 is 2.00 bits per heavy atom. The first kappa shape index (κ1) is 11.6. The zero-order chi connectivity index (χ0) is 12.4. The third kappa shape index (κ3) is 2.62. The van der Waals surface area contributed by atoms with Gasteiger partial charge < -0.3 is 15.5 Å². The number of nitrogens with one attached hydrogen (secondary N) is 1. The van der Waals surface area contributed by atoms with Gasteiger partial charge in [0.05, 0.1) is 6.04 Å². The third-order valence-corrected chi connectivity index (χ3v) is 2.59. The van der Waals surface area contributed by atoms with Gasteiger partial charge in [-0.2, -0.15) is 0 Å². The van der Waals surface area contributed by atoms with Gasteiger partial charge in [0, 0.05) is 5.69 Å². The average molecular weight is 232 g/mol. The van der Waals surface area contributed by atoms with Crippen LogP contribution in [0.5, 0.6) is 0 Å². The zero-order valence-electron chi connectivity index (χ0n) is 10.2. The Kier molecular flexibility index (Phi) is 3.10. The van der Waals surface area contributed by atoms with Crippen LogP contribution in [0, 0.1) is 13.8 Å². The van der Waals surface area contributed by atoms with E-state index in [1.165, 1.54) is 11.1 Å². The van der Waals surface area contributed by atoms with Crippen LogP contribution in [0.3, 0.4) is 0 Å². The average Bonchev–Trinajstić information content (AvgIpc) is 2.72. The molecular weight excluding hydrogens is 216 g/mol. The fourth-order valence-electron chi connectivity index (χ4n) is 1.41. The molecule has 0 bridgehead atoms. The quantitative estimate of drug-likeness (QED) is 0.850. The molecule has 1 aromatic carbocycles. The molecule has 5 nitrogen and oxygen atoms in total. The molecule has 1 unspecified atom stereocenters. The van der Waals surface area contributed by atoms with Crippen LogP contribution in [0.1, 0.15) is 30.0 Å². The van der Waals surface area contributed by atoms with E-state index in [0.29, 0.717) is 11.9 Å². The molecule has 90 valence electrons. The van der Waals surface area contributed by atoms with Gasteiger partial charge in [0.2, 0.25) is 5.89 Å². The minimum absolute atomic E-state index is 0.252. The lowest BCUT2D eigenvalue weighted by molar-refractivity contribution is 0.475. The van der Waals surface area contributed by atoms with E-state index in [1.807, 2.05) is 18.2 Å². The van der Waals surface area contributed by atoms with Gasteiger partial charge in [-0.15, -0.1) is 5.10 Å². The van der Waals surface area contributed by atoms with Crippen LogP contribution >= 0.6 is 0 Å². The topological polar surface area (TPSA) is 77.0 Å². The van der Waals surface area contributed by atoms with Crippen LogP contribution in [0.4, 0.5) is 11.7 Å². The summed E-state index contributed by atoms with van der Waals surface area (Å²) in [6, 6.07) is 6.15. The second-order valence-electron chi connectivity index (χ2n) is 4.16. The van der Waals surface area contributed by atoms with Crippen molar-refractivity contribution >= 4 is 11.7 Å². The fraction of sp³-hybridized carbons (Fsp3) is 0.333. The highest BCUT2D eigenvalue weighted by atomic mass is 16.4. The Morgan fingerprint density at radius 1 is 1.24 bits per heavy atom. The molecule has 0 aliphatic heterocycles. The second kappa shape index (κ2) is 4.55. The molecule has 1 aromatic heterocycles. The summed E-state index contributed by atoms with van der Waals surface area (Å²) in [6.07, 6.45) is 0. The number of hydrogen-bond acceptors (Lipinski definition) is 5. The maximum Gasteiger partial charge on any atom is 0.320 e. The maximum atomic E-state index is 5.64. The molecule has 5 heteroatoms. The van der Waals surface area contributed by atoms with Gasteiger partial charge >= 0.3 is 6.01 Å². The van der Waals surface area contributed by atoms with Crippen molar-refractivity contribution in [3.05, 3.63) is 35.2 Å². The van der Waals surface area contributed by atoms with E-state index in [-0.39, 0.29) is 6.04 Å². The monoisotopic (exact) mass is 232 g/mol. The molecule has 2 aromatic rings. The molecule has 0 fully saturated rings. The molecule has 0 amide bonds. The third-order valence-electron chi connectivity index (χ3n) is 2.59. The first-order valence-electron chi connectivity index (χ1n) is 5.49. The predicted octanol–water partition coefficient (Wildman–Crippen LogP) is 2.45. The first-order chi connectivity index (χ1) is 8.06. The number of aromatic nitrogens is 2. The van der Waals surface area contributed by atoms with Gasteiger partial charge in [-0.1, -0.05) is 11.2 Å². The number of rotatable bonds is 3. The van der Waals surface area contributed by atoms with Gasteiger partial charge in [0.25, 0.3) is 0 Å². The molecule has 0 spiro atoms. The number of benzene rings is 1. The lowest BCUT2D eigenvalue weighted by Gasteiger charge is -2.04. The molecule has 0 saturated heterocycles. The highest BCUT2D eigenvalue weighted by Crippen LogP contribution is 2.19. The van der Waals surface area contributed by atoms with Crippen molar-refractivity contribution in [2.75, 3.05) is 5.32 Å². The van der Waals surface area contributed by atoms with Crippen LogP contribution in [0.15, 0.2) is 22.6 Å². The molecule has 0 saturated carbocycles. The van der Waals surface area contributed by atoms with Crippen molar-refractivity contribution in [3.8, 4) is 0 Å². The summed E-state index contributed by atoms with van der Waals surface area (Å²) in [4.78, 5) is 0. The fourth-order valence-corrected chi connectivity index (χ4v) is 1.41. The highest BCUT2D eigenvalue weighted by molar-refractivity contribution is 5.54. The SMILES string of the molecule is Cc1ccc(Nc2nnc(C(C)N)o2)cc1C. The molecule has 1 heterocycles.